The van der Waals surface area contributed by atoms with E-state index in [1.807, 2.05) is 5.32 Å². The molecule has 10 heteroatoms. The number of rotatable bonds is 7. The number of carbonyl (C=O) groups excluding carboxylic acids is 3. The zero-order valence-electron chi connectivity index (χ0n) is 11.8. The molecule has 0 radical (unpaired) electrons. The van der Waals surface area contributed by atoms with Gasteiger partial charge in [-0.15, -0.1) is 0 Å². The first-order valence-electron chi connectivity index (χ1n) is 6.20. The second-order valence-electron chi connectivity index (χ2n) is 4.45. The fourth-order valence-electron chi connectivity index (χ4n) is 1.50. The molecule has 0 spiro atoms. The summed E-state index contributed by atoms with van der Waals surface area (Å²) in [6.07, 6.45) is -5.03. The molecule has 21 heavy (non-hydrogen) atoms. The highest BCUT2D eigenvalue weighted by molar-refractivity contribution is 5.95. The van der Waals surface area contributed by atoms with Gasteiger partial charge in [-0.05, 0) is 13.5 Å². The fourth-order valence-corrected chi connectivity index (χ4v) is 1.50. The minimum atomic E-state index is -4.71. The van der Waals surface area contributed by atoms with E-state index in [1.54, 1.807) is 6.92 Å². The first-order valence-corrected chi connectivity index (χ1v) is 6.20. The fraction of sp³-hybridized carbons (Fsp3) is 0.727. The zero-order valence-corrected chi connectivity index (χ0v) is 11.8. The average Bonchev–Trinajstić information content (AvgIpc) is 2.31. The van der Waals surface area contributed by atoms with Crippen LogP contribution >= 0.6 is 0 Å². The number of alkyl halides is 3. The maximum absolute atomic E-state index is 12.7. The van der Waals surface area contributed by atoms with Crippen LogP contribution in [-0.4, -0.2) is 55.1 Å². The molecule has 0 rings (SSSR count). The number of likely N-dealkylation sites (N-methyl/N-ethyl adjacent to an activating group) is 1. The second-order valence-corrected chi connectivity index (χ2v) is 4.45. The summed E-state index contributed by atoms with van der Waals surface area (Å²) in [4.78, 5) is 33.9. The number of amides is 4. The Kier molecular flexibility index (Phi) is 7.71. The van der Waals surface area contributed by atoms with Crippen LogP contribution in [0, 0.1) is 0 Å². The topological polar surface area (TPSA) is 105 Å². The van der Waals surface area contributed by atoms with Crippen molar-refractivity contribution >= 4 is 17.8 Å². The highest BCUT2D eigenvalue weighted by atomic mass is 19.4. The number of hydrogen-bond acceptors (Lipinski definition) is 4. The summed E-state index contributed by atoms with van der Waals surface area (Å²) in [6, 6.07) is -2.96. The molecule has 0 aliphatic heterocycles. The van der Waals surface area contributed by atoms with E-state index in [0.717, 1.165) is 7.05 Å². The number of urea groups is 1. The maximum Gasteiger partial charge on any atom is 0.404 e. The molecule has 0 bridgehead atoms. The van der Waals surface area contributed by atoms with E-state index in [0.29, 0.717) is 17.9 Å². The van der Waals surface area contributed by atoms with E-state index in [4.69, 9.17) is 5.73 Å². The summed E-state index contributed by atoms with van der Waals surface area (Å²) in [6.45, 7) is 1.44. The summed E-state index contributed by atoms with van der Waals surface area (Å²) in [5.74, 6) is -2.05. The van der Waals surface area contributed by atoms with E-state index in [2.05, 4.69) is 5.32 Å². The minimum Gasteiger partial charge on any atom is -0.370 e. The largest absolute Gasteiger partial charge is 0.404 e. The first kappa shape index (κ1) is 19.2. The smallest absolute Gasteiger partial charge is 0.370 e. The highest BCUT2D eigenvalue weighted by Crippen LogP contribution is 2.26. The lowest BCUT2D eigenvalue weighted by atomic mass is 10.1. The quantitative estimate of drug-likeness (QED) is 0.613. The van der Waals surface area contributed by atoms with Crippen LogP contribution in [0.5, 0.6) is 0 Å². The highest BCUT2D eigenvalue weighted by Gasteiger charge is 2.43. The number of nitrogens with zero attached hydrogens (tertiary/aromatic N) is 1. The van der Waals surface area contributed by atoms with Crippen molar-refractivity contribution in [3.63, 3.8) is 0 Å². The summed E-state index contributed by atoms with van der Waals surface area (Å²) < 4.78 is 38.2. The van der Waals surface area contributed by atoms with Crippen molar-refractivity contribution in [1.82, 2.24) is 15.5 Å². The van der Waals surface area contributed by atoms with Gasteiger partial charge in [-0.1, -0.05) is 6.92 Å². The van der Waals surface area contributed by atoms with Crippen molar-refractivity contribution in [2.75, 3.05) is 20.1 Å². The summed E-state index contributed by atoms with van der Waals surface area (Å²) in [5.41, 5.74) is 4.76. The molecular formula is C11H19F3N4O3. The molecule has 0 aromatic heterocycles. The Morgan fingerprint density at radius 3 is 2.29 bits per heavy atom. The third kappa shape index (κ3) is 8.12. The van der Waals surface area contributed by atoms with Gasteiger partial charge < -0.3 is 11.1 Å². The molecule has 0 saturated heterocycles. The van der Waals surface area contributed by atoms with Crippen LogP contribution in [0.25, 0.3) is 0 Å². The molecule has 0 aromatic carbocycles. The van der Waals surface area contributed by atoms with Gasteiger partial charge >= 0.3 is 12.2 Å². The van der Waals surface area contributed by atoms with Crippen molar-refractivity contribution < 1.29 is 27.6 Å². The molecule has 0 heterocycles. The van der Waals surface area contributed by atoms with Gasteiger partial charge in [0.25, 0.3) is 0 Å². The molecule has 0 saturated carbocycles. The van der Waals surface area contributed by atoms with E-state index in [1.165, 1.54) is 0 Å². The van der Waals surface area contributed by atoms with Crippen LogP contribution in [0.4, 0.5) is 18.0 Å². The van der Waals surface area contributed by atoms with Crippen LogP contribution in [-0.2, 0) is 9.59 Å². The van der Waals surface area contributed by atoms with E-state index in [-0.39, 0.29) is 0 Å². The molecule has 122 valence electrons. The predicted octanol–water partition coefficient (Wildman–Crippen LogP) is -0.0397. The van der Waals surface area contributed by atoms with Gasteiger partial charge in [0, 0.05) is 6.54 Å². The molecule has 0 aromatic rings. The van der Waals surface area contributed by atoms with Gasteiger partial charge in [0.1, 0.15) is 6.04 Å². The predicted molar refractivity (Wildman–Crippen MR) is 68.1 cm³/mol. The lowest BCUT2D eigenvalue weighted by molar-refractivity contribution is -0.184. The standard InChI is InChI=1S/C11H19F3N4O3/c1-3-4-16-10(21)17-9(20)6-18(2)7(5-8(15)19)11(12,13)14/h7H,3-6H2,1-2H3,(H2,15,19)(H2,16,17,20,21). The normalized spacial score (nSPS) is 12.9. The SMILES string of the molecule is CCCNC(=O)NC(=O)CN(C)C(CC(N)=O)C(F)(F)F. The Balaban J connectivity index is 4.54. The van der Waals surface area contributed by atoms with Crippen molar-refractivity contribution in [1.29, 1.82) is 0 Å². The molecule has 1 atom stereocenters. The molecular weight excluding hydrogens is 293 g/mol. The van der Waals surface area contributed by atoms with E-state index in [9.17, 15) is 27.6 Å². The molecule has 0 fully saturated rings. The van der Waals surface area contributed by atoms with Gasteiger partial charge in [-0.25, -0.2) is 4.79 Å². The third-order valence-electron chi connectivity index (χ3n) is 2.49. The number of carbonyl (C=O) groups is 3. The summed E-state index contributed by atoms with van der Waals surface area (Å²) in [7, 11) is 1.02. The number of primary amides is 1. The number of hydrogen-bond donors (Lipinski definition) is 3. The van der Waals surface area contributed by atoms with E-state index >= 15 is 0 Å². The Morgan fingerprint density at radius 1 is 1.29 bits per heavy atom. The van der Waals surface area contributed by atoms with Gasteiger partial charge in [-0.2, -0.15) is 13.2 Å². The second kappa shape index (κ2) is 8.45. The van der Waals surface area contributed by atoms with Gasteiger partial charge in [0.05, 0.1) is 13.0 Å². The molecule has 0 aliphatic rings. The Bertz CT molecular complexity index is 387. The molecule has 4 N–H and O–H groups in total. The van der Waals surface area contributed by atoms with Crippen LogP contribution in [0.3, 0.4) is 0 Å². The Labute approximate surface area is 120 Å². The molecule has 7 nitrogen and oxygen atoms in total. The first-order chi connectivity index (χ1) is 9.57. The zero-order chi connectivity index (χ0) is 16.6. The van der Waals surface area contributed by atoms with Crippen molar-refractivity contribution in [3.8, 4) is 0 Å². The lowest BCUT2D eigenvalue weighted by Crippen LogP contribution is -2.51. The molecule has 4 amide bonds. The van der Waals surface area contributed by atoms with Gasteiger partial charge in [-0.3, -0.25) is 19.8 Å². The molecule has 0 aliphatic carbocycles. The Hall–Kier alpha value is -1.84. The monoisotopic (exact) mass is 312 g/mol. The van der Waals surface area contributed by atoms with Crippen molar-refractivity contribution in [2.24, 2.45) is 5.73 Å². The van der Waals surface area contributed by atoms with Crippen LogP contribution < -0.4 is 16.4 Å². The van der Waals surface area contributed by atoms with Crippen molar-refractivity contribution in [2.45, 2.75) is 32.0 Å². The van der Waals surface area contributed by atoms with Gasteiger partial charge in [0.15, 0.2) is 0 Å². The van der Waals surface area contributed by atoms with Gasteiger partial charge in [0.2, 0.25) is 11.8 Å². The number of nitrogens with one attached hydrogen (secondary N) is 2. The maximum atomic E-state index is 12.7. The minimum absolute atomic E-state index is 0.335. The third-order valence-corrected chi connectivity index (χ3v) is 2.49. The Morgan fingerprint density at radius 2 is 1.86 bits per heavy atom. The van der Waals surface area contributed by atoms with E-state index < -0.39 is 43.0 Å². The summed E-state index contributed by atoms with van der Waals surface area (Å²) >= 11 is 0. The van der Waals surface area contributed by atoms with Crippen LogP contribution in [0.1, 0.15) is 19.8 Å². The number of imide groups is 1. The van der Waals surface area contributed by atoms with Crippen LogP contribution in [0.2, 0.25) is 0 Å². The number of nitrogens with two attached hydrogens (primary N) is 1. The lowest BCUT2D eigenvalue weighted by Gasteiger charge is -2.28. The molecule has 1 unspecified atom stereocenters. The van der Waals surface area contributed by atoms with Crippen molar-refractivity contribution in [3.05, 3.63) is 0 Å². The average molecular weight is 312 g/mol. The van der Waals surface area contributed by atoms with Crippen LogP contribution in [0.15, 0.2) is 0 Å². The number of halogens is 3. The summed E-state index contributed by atoms with van der Waals surface area (Å²) in [5, 5.41) is 4.23.